The van der Waals surface area contributed by atoms with Gasteiger partial charge in [0.15, 0.2) is 5.37 Å². The van der Waals surface area contributed by atoms with Crippen molar-refractivity contribution in [3.8, 4) is 0 Å². The van der Waals surface area contributed by atoms with Crippen LogP contribution in [0.5, 0.6) is 0 Å². The molecule has 1 N–H and O–H groups in total. The van der Waals surface area contributed by atoms with E-state index in [9.17, 15) is 13.2 Å². The van der Waals surface area contributed by atoms with Crippen molar-refractivity contribution in [2.45, 2.75) is 36.6 Å². The number of benzene rings is 1. The highest BCUT2D eigenvalue weighted by molar-refractivity contribution is 7.91. The minimum Gasteiger partial charge on any atom is -0.444 e. The fourth-order valence-electron chi connectivity index (χ4n) is 1.90. The van der Waals surface area contributed by atoms with Crippen LogP contribution in [0.2, 0.25) is 0 Å². The minimum atomic E-state index is -3.78. The normalized spacial score (nSPS) is 13.3. The van der Waals surface area contributed by atoms with Gasteiger partial charge in [-0.3, -0.25) is 5.32 Å². The first kappa shape index (κ1) is 17.5. The summed E-state index contributed by atoms with van der Waals surface area (Å²) in [7, 11) is -3.78. The van der Waals surface area contributed by atoms with Gasteiger partial charge in [0.25, 0.3) is 0 Å². The monoisotopic (exact) mass is 353 g/mol. The van der Waals surface area contributed by atoms with Crippen LogP contribution in [0.1, 0.15) is 31.0 Å². The van der Waals surface area contributed by atoms with Gasteiger partial charge in [0, 0.05) is 4.88 Å². The van der Waals surface area contributed by atoms with E-state index < -0.39 is 26.9 Å². The Morgan fingerprint density at radius 2 is 1.78 bits per heavy atom. The zero-order valence-electron chi connectivity index (χ0n) is 13.1. The van der Waals surface area contributed by atoms with E-state index in [2.05, 4.69) is 5.32 Å². The zero-order chi connectivity index (χ0) is 17.1. The van der Waals surface area contributed by atoms with E-state index in [1.54, 1.807) is 56.5 Å². The van der Waals surface area contributed by atoms with Crippen LogP contribution in [0, 0.1) is 0 Å². The summed E-state index contributed by atoms with van der Waals surface area (Å²) in [5.74, 6) is 0. The third kappa shape index (κ3) is 4.56. The highest BCUT2D eigenvalue weighted by atomic mass is 32.2. The molecule has 1 heterocycles. The van der Waals surface area contributed by atoms with Gasteiger partial charge < -0.3 is 4.74 Å². The lowest BCUT2D eigenvalue weighted by atomic mass is 10.2. The Hall–Kier alpha value is -1.86. The van der Waals surface area contributed by atoms with E-state index in [1.165, 1.54) is 23.5 Å². The molecule has 1 aromatic heterocycles. The molecule has 1 unspecified atom stereocenters. The summed E-state index contributed by atoms with van der Waals surface area (Å²) in [6.45, 7) is 5.16. The van der Waals surface area contributed by atoms with Crippen LogP contribution in [0.3, 0.4) is 0 Å². The van der Waals surface area contributed by atoms with Gasteiger partial charge in [-0.05, 0) is 44.4 Å². The number of rotatable bonds is 4. The lowest BCUT2D eigenvalue weighted by Crippen LogP contribution is -2.37. The molecule has 1 atom stereocenters. The third-order valence-electron chi connectivity index (χ3n) is 2.83. The summed E-state index contributed by atoms with van der Waals surface area (Å²) in [6.07, 6.45) is -0.768. The van der Waals surface area contributed by atoms with Crippen LogP contribution in [-0.4, -0.2) is 20.1 Å². The molecule has 0 saturated carbocycles. The first-order valence-electron chi connectivity index (χ1n) is 7.02. The first-order valence-corrected chi connectivity index (χ1v) is 9.44. The molecule has 0 aliphatic heterocycles. The first-order chi connectivity index (χ1) is 10.7. The summed E-state index contributed by atoms with van der Waals surface area (Å²) < 4.78 is 30.9. The number of carbonyl (C=O) groups is 1. The Bertz CT molecular complexity index is 747. The highest BCUT2D eigenvalue weighted by Crippen LogP contribution is 2.30. The van der Waals surface area contributed by atoms with Crippen molar-refractivity contribution < 1.29 is 17.9 Å². The van der Waals surface area contributed by atoms with Crippen molar-refractivity contribution >= 4 is 27.3 Å². The largest absolute Gasteiger partial charge is 0.444 e. The number of carbonyl (C=O) groups excluding carboxylic acids is 1. The van der Waals surface area contributed by atoms with Crippen molar-refractivity contribution in [2.24, 2.45) is 0 Å². The molecule has 124 valence electrons. The van der Waals surface area contributed by atoms with Crippen molar-refractivity contribution in [1.82, 2.24) is 5.32 Å². The third-order valence-corrected chi connectivity index (χ3v) is 5.84. The van der Waals surface area contributed by atoms with Gasteiger partial charge >= 0.3 is 6.09 Å². The molecule has 2 rings (SSSR count). The topological polar surface area (TPSA) is 72.5 Å². The smallest absolute Gasteiger partial charge is 0.408 e. The number of nitrogens with one attached hydrogen (secondary N) is 1. The number of alkyl carbamates (subject to hydrolysis) is 1. The van der Waals surface area contributed by atoms with Gasteiger partial charge in [0.05, 0.1) is 4.90 Å². The van der Waals surface area contributed by atoms with E-state index >= 15 is 0 Å². The molecule has 23 heavy (non-hydrogen) atoms. The van der Waals surface area contributed by atoms with E-state index in [1.807, 2.05) is 0 Å². The van der Waals surface area contributed by atoms with Crippen LogP contribution < -0.4 is 5.32 Å². The molecule has 7 heteroatoms. The lowest BCUT2D eigenvalue weighted by Gasteiger charge is -2.23. The van der Waals surface area contributed by atoms with E-state index in [0.717, 1.165) is 0 Å². The number of hydrogen-bond acceptors (Lipinski definition) is 5. The minimum absolute atomic E-state index is 0.148. The average Bonchev–Trinajstić information content (AvgIpc) is 2.97. The van der Waals surface area contributed by atoms with Crippen molar-refractivity contribution in [3.63, 3.8) is 0 Å². The van der Waals surface area contributed by atoms with E-state index in [4.69, 9.17) is 4.74 Å². The van der Waals surface area contributed by atoms with E-state index in [-0.39, 0.29) is 4.90 Å². The van der Waals surface area contributed by atoms with Gasteiger partial charge in [-0.15, -0.1) is 11.3 Å². The molecule has 0 radical (unpaired) electrons. The van der Waals surface area contributed by atoms with Crippen LogP contribution in [0.4, 0.5) is 4.79 Å². The maximum Gasteiger partial charge on any atom is 0.408 e. The molecule has 0 spiro atoms. The molecule has 1 amide bonds. The van der Waals surface area contributed by atoms with E-state index in [0.29, 0.717) is 4.88 Å². The van der Waals surface area contributed by atoms with Crippen molar-refractivity contribution in [3.05, 3.63) is 52.7 Å². The zero-order valence-corrected chi connectivity index (χ0v) is 14.8. The summed E-state index contributed by atoms with van der Waals surface area (Å²) in [5.41, 5.74) is -0.708. The van der Waals surface area contributed by atoms with Crippen molar-refractivity contribution in [2.75, 3.05) is 0 Å². The number of sulfone groups is 1. The van der Waals surface area contributed by atoms with Crippen LogP contribution in [0.15, 0.2) is 52.7 Å². The molecule has 0 aliphatic rings. The maximum absolute atomic E-state index is 12.9. The Morgan fingerprint density at radius 1 is 1.13 bits per heavy atom. The molecule has 0 aliphatic carbocycles. The van der Waals surface area contributed by atoms with Crippen LogP contribution in [0.25, 0.3) is 0 Å². The molecule has 1 aromatic carbocycles. The number of thiophene rings is 1. The van der Waals surface area contributed by atoms with Gasteiger partial charge in [-0.2, -0.15) is 0 Å². The highest BCUT2D eigenvalue weighted by Gasteiger charge is 2.32. The quantitative estimate of drug-likeness (QED) is 0.909. The van der Waals surface area contributed by atoms with Gasteiger partial charge in [0.1, 0.15) is 5.60 Å². The lowest BCUT2D eigenvalue weighted by molar-refractivity contribution is 0.0520. The number of hydrogen-bond donors (Lipinski definition) is 1. The van der Waals surface area contributed by atoms with Gasteiger partial charge in [0.2, 0.25) is 9.84 Å². The van der Waals surface area contributed by atoms with Gasteiger partial charge in [-0.1, -0.05) is 24.3 Å². The summed E-state index contributed by atoms with van der Waals surface area (Å²) >= 11 is 1.26. The standard InChI is InChI=1S/C16H19NO4S2/c1-16(2,3)21-15(18)17-14(13-10-7-11-22-13)23(19,20)12-8-5-4-6-9-12/h4-11,14H,1-3H3,(H,17,18). The Morgan fingerprint density at radius 3 is 2.30 bits per heavy atom. The summed E-state index contributed by atoms with van der Waals surface area (Å²) in [5, 5.41) is 3.06. The second kappa shape index (κ2) is 6.72. The maximum atomic E-state index is 12.9. The predicted octanol–water partition coefficient (Wildman–Crippen LogP) is 3.75. The second-order valence-corrected chi connectivity index (χ2v) is 8.91. The number of ether oxygens (including phenoxy) is 1. The second-order valence-electron chi connectivity index (χ2n) is 5.90. The molecule has 0 bridgehead atoms. The average molecular weight is 353 g/mol. The molecular weight excluding hydrogens is 334 g/mol. The Labute approximate surface area is 140 Å². The van der Waals surface area contributed by atoms with Crippen molar-refractivity contribution in [1.29, 1.82) is 0 Å². The van der Waals surface area contributed by atoms with Crippen LogP contribution >= 0.6 is 11.3 Å². The fourth-order valence-corrected chi connectivity index (χ4v) is 4.55. The molecule has 0 saturated heterocycles. The molecular formula is C16H19NO4S2. The van der Waals surface area contributed by atoms with Gasteiger partial charge in [-0.25, -0.2) is 13.2 Å². The summed E-state index contributed by atoms with van der Waals surface area (Å²) in [4.78, 5) is 12.7. The Balaban J connectivity index is 2.35. The fraction of sp³-hybridized carbons (Fsp3) is 0.312. The molecule has 5 nitrogen and oxygen atoms in total. The predicted molar refractivity (Wildman–Crippen MR) is 90.1 cm³/mol. The SMILES string of the molecule is CC(C)(C)OC(=O)NC(c1cccs1)S(=O)(=O)c1ccccc1. The molecule has 2 aromatic rings. The number of amides is 1. The summed E-state index contributed by atoms with van der Waals surface area (Å²) in [6, 6.07) is 11.5. The van der Waals surface area contributed by atoms with Crippen LogP contribution in [-0.2, 0) is 14.6 Å². The molecule has 0 fully saturated rings. The Kier molecular flexibility index (Phi) is 5.11.